The molecule has 0 radical (unpaired) electrons. The van der Waals surface area contributed by atoms with Crippen molar-refractivity contribution in [1.82, 2.24) is 9.47 Å². The summed E-state index contributed by atoms with van der Waals surface area (Å²) >= 11 is 6.91. The molecule has 1 atom stereocenters. The summed E-state index contributed by atoms with van der Waals surface area (Å²) in [5.41, 5.74) is 1.31. The highest BCUT2D eigenvalue weighted by molar-refractivity contribution is 8.26. The first-order chi connectivity index (χ1) is 15.9. The van der Waals surface area contributed by atoms with E-state index in [9.17, 15) is 14.9 Å². The molecule has 1 aromatic heterocycles. The molecule has 0 spiro atoms. The number of pyridine rings is 1. The van der Waals surface area contributed by atoms with E-state index in [0.29, 0.717) is 33.8 Å². The van der Waals surface area contributed by atoms with Crippen molar-refractivity contribution in [2.45, 2.75) is 72.8 Å². The molecule has 8 heteroatoms. The number of nitrogens with zero attached hydrogens (tertiary/aromatic N) is 4. The Hall–Kier alpha value is -2.11. The number of thioether (sulfide) groups is 1. The van der Waals surface area contributed by atoms with E-state index in [0.717, 1.165) is 63.0 Å². The maximum Gasteiger partial charge on any atom is 0.270 e. The number of aromatic nitrogens is 1. The van der Waals surface area contributed by atoms with Gasteiger partial charge in [-0.15, -0.1) is 0 Å². The Labute approximate surface area is 206 Å². The van der Waals surface area contributed by atoms with E-state index < -0.39 is 0 Å². The molecule has 33 heavy (non-hydrogen) atoms. The predicted octanol–water partition coefficient (Wildman–Crippen LogP) is 5.07. The lowest BCUT2D eigenvalue weighted by Gasteiger charge is -2.26. The molecule has 1 unspecified atom stereocenters. The maximum atomic E-state index is 13.4. The van der Waals surface area contributed by atoms with Gasteiger partial charge in [-0.1, -0.05) is 57.1 Å². The minimum atomic E-state index is -0.259. The van der Waals surface area contributed by atoms with E-state index in [4.69, 9.17) is 12.2 Å². The minimum Gasteiger partial charge on any atom is -0.357 e. The highest BCUT2D eigenvalue weighted by atomic mass is 32.2. The number of nitriles is 1. The van der Waals surface area contributed by atoms with Gasteiger partial charge in [-0.25, -0.2) is 0 Å². The number of hydrogen-bond donors (Lipinski definition) is 0. The monoisotopic (exact) mass is 486 g/mol. The van der Waals surface area contributed by atoms with Crippen molar-refractivity contribution in [3.05, 3.63) is 31.9 Å². The number of hydrogen-bond acceptors (Lipinski definition) is 6. The molecule has 2 fully saturated rings. The zero-order valence-electron chi connectivity index (χ0n) is 20.1. The van der Waals surface area contributed by atoms with Crippen LogP contribution in [0.2, 0.25) is 0 Å². The molecule has 0 N–H and O–H groups in total. The first kappa shape index (κ1) is 25.5. The summed E-state index contributed by atoms with van der Waals surface area (Å²) in [4.78, 5) is 30.9. The molecule has 0 aromatic carbocycles. The molecule has 0 bridgehead atoms. The summed E-state index contributed by atoms with van der Waals surface area (Å²) in [6.07, 6.45) is 8.39. The van der Waals surface area contributed by atoms with E-state index in [1.807, 2.05) is 19.9 Å². The number of anilines is 1. The van der Waals surface area contributed by atoms with Gasteiger partial charge < -0.3 is 4.90 Å². The SMILES string of the molecule is CCCCC(CC)CN1C(=O)/C(=C\c2c(C)c(C#N)c(=O)n(CC)c2N2CCCC2)SC1=S. The van der Waals surface area contributed by atoms with Gasteiger partial charge in [0.2, 0.25) is 0 Å². The van der Waals surface area contributed by atoms with E-state index in [1.54, 1.807) is 9.47 Å². The summed E-state index contributed by atoms with van der Waals surface area (Å²) in [6, 6.07) is 2.09. The summed E-state index contributed by atoms with van der Waals surface area (Å²) in [7, 11) is 0. The van der Waals surface area contributed by atoms with Crippen molar-refractivity contribution in [2.24, 2.45) is 5.92 Å². The Kier molecular flexibility index (Phi) is 8.77. The molecule has 178 valence electrons. The second-order valence-corrected chi connectivity index (χ2v) is 10.5. The van der Waals surface area contributed by atoms with E-state index >= 15 is 0 Å². The van der Waals surface area contributed by atoms with Gasteiger partial charge in [0.25, 0.3) is 11.5 Å². The summed E-state index contributed by atoms with van der Waals surface area (Å²) < 4.78 is 2.27. The van der Waals surface area contributed by atoms with Gasteiger partial charge in [0.1, 0.15) is 21.8 Å². The summed E-state index contributed by atoms with van der Waals surface area (Å²) in [6.45, 7) is 10.9. The fourth-order valence-electron chi connectivity index (χ4n) is 4.67. The van der Waals surface area contributed by atoms with E-state index in [2.05, 4.69) is 24.8 Å². The third kappa shape index (κ3) is 5.20. The van der Waals surface area contributed by atoms with Crippen LogP contribution in [0, 0.1) is 24.2 Å². The number of unbranched alkanes of at least 4 members (excludes halogenated alkanes) is 1. The second-order valence-electron chi connectivity index (χ2n) is 8.80. The number of amides is 1. The fourth-order valence-corrected chi connectivity index (χ4v) is 5.93. The zero-order chi connectivity index (χ0) is 24.1. The van der Waals surface area contributed by atoms with Crippen LogP contribution in [0.4, 0.5) is 5.82 Å². The molecule has 1 aromatic rings. The van der Waals surface area contributed by atoms with Crippen molar-refractivity contribution in [1.29, 1.82) is 5.26 Å². The first-order valence-corrected chi connectivity index (χ1v) is 13.3. The van der Waals surface area contributed by atoms with Crippen LogP contribution in [-0.2, 0) is 11.3 Å². The Morgan fingerprint density at radius 2 is 1.91 bits per heavy atom. The topological polar surface area (TPSA) is 69.3 Å². The third-order valence-corrected chi connectivity index (χ3v) is 8.08. The van der Waals surface area contributed by atoms with Crippen molar-refractivity contribution in [3.8, 4) is 6.07 Å². The van der Waals surface area contributed by atoms with Gasteiger partial charge in [-0.2, -0.15) is 5.26 Å². The number of thiocarbonyl (C=S) groups is 1. The fraction of sp³-hybridized carbons (Fsp3) is 0.600. The van der Waals surface area contributed by atoms with Gasteiger partial charge >= 0.3 is 0 Å². The molecular weight excluding hydrogens is 452 g/mol. The van der Waals surface area contributed by atoms with Crippen molar-refractivity contribution in [3.63, 3.8) is 0 Å². The molecule has 0 saturated carbocycles. The molecule has 1 amide bonds. The minimum absolute atomic E-state index is 0.0699. The van der Waals surface area contributed by atoms with Gasteiger partial charge in [0.15, 0.2) is 0 Å². The molecule has 6 nitrogen and oxygen atoms in total. The Morgan fingerprint density at radius 1 is 1.21 bits per heavy atom. The van der Waals surface area contributed by atoms with E-state index in [-0.39, 0.29) is 17.0 Å². The number of carbonyl (C=O) groups excluding carboxylic acids is 1. The van der Waals surface area contributed by atoms with Crippen LogP contribution >= 0.6 is 24.0 Å². The van der Waals surface area contributed by atoms with Gasteiger partial charge in [-0.3, -0.25) is 19.1 Å². The molecule has 2 aliphatic rings. The largest absolute Gasteiger partial charge is 0.357 e. The molecule has 3 heterocycles. The lowest BCUT2D eigenvalue weighted by molar-refractivity contribution is -0.122. The van der Waals surface area contributed by atoms with Crippen LogP contribution in [0.1, 0.15) is 76.0 Å². The van der Waals surface area contributed by atoms with Gasteiger partial charge in [0.05, 0.1) is 4.91 Å². The average Bonchev–Trinajstić information content (AvgIpc) is 3.42. The summed E-state index contributed by atoms with van der Waals surface area (Å²) in [5.74, 6) is 1.18. The molecule has 0 aliphatic carbocycles. The van der Waals surface area contributed by atoms with E-state index in [1.165, 1.54) is 11.8 Å². The zero-order valence-corrected chi connectivity index (χ0v) is 21.8. The van der Waals surface area contributed by atoms with Crippen LogP contribution in [0.3, 0.4) is 0 Å². The molecule has 2 aliphatic heterocycles. The molecule has 3 rings (SSSR count). The smallest absolute Gasteiger partial charge is 0.270 e. The Balaban J connectivity index is 2.05. The van der Waals surface area contributed by atoms with Crippen molar-refractivity contribution in [2.75, 3.05) is 24.5 Å². The lowest BCUT2D eigenvalue weighted by Crippen LogP contribution is -2.33. The van der Waals surface area contributed by atoms with Gasteiger partial charge in [0, 0.05) is 31.7 Å². The second kappa shape index (κ2) is 11.3. The normalized spacial score (nSPS) is 18.5. The maximum absolute atomic E-state index is 13.4. The van der Waals surface area contributed by atoms with Crippen LogP contribution in [0.15, 0.2) is 9.70 Å². The highest BCUT2D eigenvalue weighted by Crippen LogP contribution is 2.37. The molecular formula is C25H34N4O2S2. The first-order valence-electron chi connectivity index (χ1n) is 12.1. The predicted molar refractivity (Wildman–Crippen MR) is 140 cm³/mol. The quantitative estimate of drug-likeness (QED) is 0.359. The van der Waals surface area contributed by atoms with Crippen molar-refractivity contribution >= 4 is 46.1 Å². The molecule has 2 saturated heterocycles. The third-order valence-electron chi connectivity index (χ3n) is 6.70. The van der Waals surface area contributed by atoms with Crippen LogP contribution < -0.4 is 10.5 Å². The Bertz CT molecular complexity index is 1050. The number of carbonyl (C=O) groups is 1. The average molecular weight is 487 g/mol. The summed E-state index contributed by atoms with van der Waals surface area (Å²) in [5, 5.41) is 9.70. The van der Waals surface area contributed by atoms with Crippen LogP contribution in [0.5, 0.6) is 0 Å². The van der Waals surface area contributed by atoms with Crippen molar-refractivity contribution < 1.29 is 4.79 Å². The van der Waals surface area contributed by atoms with Crippen LogP contribution in [-0.4, -0.2) is 39.3 Å². The number of rotatable bonds is 9. The van der Waals surface area contributed by atoms with Crippen LogP contribution in [0.25, 0.3) is 6.08 Å². The standard InChI is InChI=1S/C25H34N4O2S2/c1-5-8-11-18(6-2)16-29-24(31)21(33-25(29)32)14-19-17(4)20(15-26)23(30)28(7-3)22(19)27-12-9-10-13-27/h14,18H,5-13,16H2,1-4H3/b21-14+. The van der Waals surface area contributed by atoms with Gasteiger partial charge in [-0.05, 0) is 50.7 Å². The highest BCUT2D eigenvalue weighted by Gasteiger charge is 2.34. The lowest BCUT2D eigenvalue weighted by atomic mass is 9.99. The Morgan fingerprint density at radius 3 is 2.48 bits per heavy atom.